The van der Waals surface area contributed by atoms with Gasteiger partial charge in [-0.1, -0.05) is 6.07 Å². The predicted molar refractivity (Wildman–Crippen MR) is 56.9 cm³/mol. The number of ether oxygens (including phenoxy) is 1. The lowest BCUT2D eigenvalue weighted by Crippen LogP contribution is -2.05. The van der Waals surface area contributed by atoms with E-state index in [2.05, 4.69) is 15.0 Å². The van der Waals surface area contributed by atoms with E-state index in [-0.39, 0.29) is 0 Å². The van der Waals surface area contributed by atoms with Crippen molar-refractivity contribution < 1.29 is 9.84 Å². The quantitative estimate of drug-likeness (QED) is 0.829. The standard InChI is InChI=1S/C11H11N3O2/c1-16-10-4-2-3-8(14-10)11(15)9-7-12-5-6-13-9/h2-7,11,15H,1H3. The van der Waals surface area contributed by atoms with Crippen LogP contribution in [0.3, 0.4) is 0 Å². The lowest BCUT2D eigenvalue weighted by molar-refractivity contribution is 0.208. The number of aliphatic hydroxyl groups is 1. The molecule has 82 valence electrons. The maximum absolute atomic E-state index is 9.99. The van der Waals surface area contributed by atoms with Gasteiger partial charge in [0.1, 0.15) is 6.10 Å². The predicted octanol–water partition coefficient (Wildman–Crippen LogP) is 0.962. The highest BCUT2D eigenvalue weighted by Crippen LogP contribution is 2.19. The lowest BCUT2D eigenvalue weighted by Gasteiger charge is -2.09. The highest BCUT2D eigenvalue weighted by atomic mass is 16.5. The summed E-state index contributed by atoms with van der Waals surface area (Å²) in [5.41, 5.74) is 0.947. The normalized spacial score (nSPS) is 12.1. The molecule has 0 amide bonds. The first-order chi connectivity index (χ1) is 7.81. The summed E-state index contributed by atoms with van der Waals surface area (Å²) in [5.74, 6) is 0.459. The smallest absolute Gasteiger partial charge is 0.213 e. The molecule has 0 aromatic carbocycles. The van der Waals surface area contributed by atoms with Gasteiger partial charge >= 0.3 is 0 Å². The minimum Gasteiger partial charge on any atom is -0.481 e. The van der Waals surface area contributed by atoms with Crippen LogP contribution in [0, 0.1) is 0 Å². The van der Waals surface area contributed by atoms with Gasteiger partial charge in [0.2, 0.25) is 5.88 Å². The molecule has 0 aliphatic heterocycles. The van der Waals surface area contributed by atoms with E-state index in [1.54, 1.807) is 24.4 Å². The van der Waals surface area contributed by atoms with Crippen LogP contribution in [0.4, 0.5) is 0 Å². The van der Waals surface area contributed by atoms with Crippen molar-refractivity contribution in [2.75, 3.05) is 7.11 Å². The molecule has 0 bridgehead atoms. The third kappa shape index (κ3) is 2.14. The highest BCUT2D eigenvalue weighted by molar-refractivity contribution is 5.22. The van der Waals surface area contributed by atoms with Crippen LogP contribution in [-0.4, -0.2) is 27.2 Å². The van der Waals surface area contributed by atoms with Gasteiger partial charge in [-0.2, -0.15) is 0 Å². The maximum atomic E-state index is 9.99. The minimum absolute atomic E-state index is 0.459. The molecule has 5 heteroatoms. The lowest BCUT2D eigenvalue weighted by atomic mass is 10.2. The number of rotatable bonds is 3. The van der Waals surface area contributed by atoms with Gasteiger partial charge in [0.25, 0.3) is 0 Å². The van der Waals surface area contributed by atoms with Gasteiger partial charge in [-0.3, -0.25) is 9.97 Å². The Morgan fingerprint density at radius 2 is 2.12 bits per heavy atom. The molecule has 5 nitrogen and oxygen atoms in total. The number of aromatic nitrogens is 3. The van der Waals surface area contributed by atoms with Crippen LogP contribution in [0.25, 0.3) is 0 Å². The molecule has 0 spiro atoms. The van der Waals surface area contributed by atoms with Crippen LogP contribution < -0.4 is 4.74 Å². The van der Waals surface area contributed by atoms with E-state index in [1.165, 1.54) is 19.5 Å². The molecule has 1 unspecified atom stereocenters. The van der Waals surface area contributed by atoms with Crippen molar-refractivity contribution in [2.24, 2.45) is 0 Å². The van der Waals surface area contributed by atoms with E-state index in [9.17, 15) is 5.11 Å². The van der Waals surface area contributed by atoms with Crippen LogP contribution in [-0.2, 0) is 0 Å². The third-order valence-electron chi connectivity index (χ3n) is 2.10. The summed E-state index contributed by atoms with van der Waals surface area (Å²) in [6, 6.07) is 5.19. The second kappa shape index (κ2) is 4.67. The Morgan fingerprint density at radius 3 is 2.81 bits per heavy atom. The molecular formula is C11H11N3O2. The molecule has 2 aromatic heterocycles. The van der Waals surface area contributed by atoms with Crippen molar-refractivity contribution in [1.82, 2.24) is 15.0 Å². The first-order valence-corrected chi connectivity index (χ1v) is 4.76. The highest BCUT2D eigenvalue weighted by Gasteiger charge is 2.13. The van der Waals surface area contributed by atoms with Crippen molar-refractivity contribution in [2.45, 2.75) is 6.10 Å². The molecule has 0 fully saturated rings. The molecule has 0 aliphatic carbocycles. The van der Waals surface area contributed by atoms with Crippen molar-refractivity contribution in [3.8, 4) is 5.88 Å². The number of methoxy groups -OCH3 is 1. The van der Waals surface area contributed by atoms with E-state index in [4.69, 9.17) is 4.74 Å². The summed E-state index contributed by atoms with van der Waals surface area (Å²) in [6.07, 6.45) is 3.70. The molecule has 0 saturated heterocycles. The van der Waals surface area contributed by atoms with Crippen LogP contribution in [0.15, 0.2) is 36.8 Å². The summed E-state index contributed by atoms with van der Waals surface area (Å²) in [5, 5.41) is 9.99. The molecule has 0 radical (unpaired) electrons. The van der Waals surface area contributed by atoms with Gasteiger partial charge in [0.05, 0.1) is 24.7 Å². The zero-order valence-electron chi connectivity index (χ0n) is 8.74. The summed E-state index contributed by atoms with van der Waals surface area (Å²) < 4.78 is 4.98. The van der Waals surface area contributed by atoms with E-state index < -0.39 is 6.10 Å². The molecule has 0 aliphatic rings. The topological polar surface area (TPSA) is 68.1 Å². The Kier molecular flexibility index (Phi) is 3.07. The van der Waals surface area contributed by atoms with E-state index in [0.29, 0.717) is 17.3 Å². The summed E-state index contributed by atoms with van der Waals surface area (Å²) in [7, 11) is 1.53. The summed E-state index contributed by atoms with van der Waals surface area (Å²) in [4.78, 5) is 12.0. The largest absolute Gasteiger partial charge is 0.481 e. The molecule has 1 N–H and O–H groups in total. The monoisotopic (exact) mass is 217 g/mol. The zero-order valence-corrected chi connectivity index (χ0v) is 8.74. The molecule has 2 aromatic rings. The molecule has 16 heavy (non-hydrogen) atoms. The molecule has 1 atom stereocenters. The Hall–Kier alpha value is -2.01. The van der Waals surface area contributed by atoms with Gasteiger partial charge in [-0.15, -0.1) is 0 Å². The van der Waals surface area contributed by atoms with Crippen LogP contribution >= 0.6 is 0 Å². The average molecular weight is 217 g/mol. The van der Waals surface area contributed by atoms with Crippen molar-refractivity contribution in [3.05, 3.63) is 48.2 Å². The number of nitrogens with zero attached hydrogens (tertiary/aromatic N) is 3. The van der Waals surface area contributed by atoms with E-state index in [0.717, 1.165) is 0 Å². The SMILES string of the molecule is COc1cccc(C(O)c2cnccn2)n1. The fraction of sp³-hybridized carbons (Fsp3) is 0.182. The minimum atomic E-state index is -0.885. The average Bonchev–Trinajstić information content (AvgIpc) is 2.39. The molecule has 0 saturated carbocycles. The molecule has 2 rings (SSSR count). The van der Waals surface area contributed by atoms with Crippen LogP contribution in [0.1, 0.15) is 17.5 Å². The van der Waals surface area contributed by atoms with E-state index in [1.807, 2.05) is 0 Å². The Labute approximate surface area is 92.8 Å². The number of hydrogen-bond acceptors (Lipinski definition) is 5. The second-order valence-corrected chi connectivity index (χ2v) is 3.14. The van der Waals surface area contributed by atoms with Crippen LogP contribution in [0.5, 0.6) is 5.88 Å². The summed E-state index contributed by atoms with van der Waals surface area (Å²) >= 11 is 0. The second-order valence-electron chi connectivity index (χ2n) is 3.14. The van der Waals surface area contributed by atoms with Crippen molar-refractivity contribution >= 4 is 0 Å². The van der Waals surface area contributed by atoms with E-state index >= 15 is 0 Å². The van der Waals surface area contributed by atoms with Crippen LogP contribution in [0.2, 0.25) is 0 Å². The van der Waals surface area contributed by atoms with Crippen molar-refractivity contribution in [1.29, 1.82) is 0 Å². The Morgan fingerprint density at radius 1 is 1.25 bits per heavy atom. The number of pyridine rings is 1. The van der Waals surface area contributed by atoms with Crippen molar-refractivity contribution in [3.63, 3.8) is 0 Å². The summed E-state index contributed by atoms with van der Waals surface area (Å²) in [6.45, 7) is 0. The Bertz CT molecular complexity index is 462. The van der Waals surface area contributed by atoms with Gasteiger partial charge in [-0.25, -0.2) is 4.98 Å². The fourth-order valence-corrected chi connectivity index (χ4v) is 1.30. The fourth-order valence-electron chi connectivity index (χ4n) is 1.30. The maximum Gasteiger partial charge on any atom is 0.213 e. The first-order valence-electron chi connectivity index (χ1n) is 4.76. The van der Waals surface area contributed by atoms with Gasteiger partial charge in [0, 0.05) is 18.5 Å². The zero-order chi connectivity index (χ0) is 11.4. The number of aliphatic hydroxyl groups excluding tert-OH is 1. The first kappa shape index (κ1) is 10.5. The number of hydrogen-bond donors (Lipinski definition) is 1. The Balaban J connectivity index is 2.30. The molecular weight excluding hydrogens is 206 g/mol. The van der Waals surface area contributed by atoms with Gasteiger partial charge in [-0.05, 0) is 6.07 Å². The third-order valence-corrected chi connectivity index (χ3v) is 2.10. The van der Waals surface area contributed by atoms with Gasteiger partial charge < -0.3 is 9.84 Å². The molecule has 2 heterocycles. The van der Waals surface area contributed by atoms with Gasteiger partial charge in [0.15, 0.2) is 0 Å².